The number of pyridine rings is 1. The van der Waals surface area contributed by atoms with Crippen LogP contribution >= 0.6 is 0 Å². The fourth-order valence-corrected chi connectivity index (χ4v) is 4.37. The molecule has 10 heteroatoms. The zero-order valence-corrected chi connectivity index (χ0v) is 19.4. The molecule has 0 saturated carbocycles. The summed E-state index contributed by atoms with van der Waals surface area (Å²) in [5.41, 5.74) is -1.30. The molecule has 1 aromatic heterocycles. The first kappa shape index (κ1) is 24.3. The Morgan fingerprint density at radius 1 is 1.09 bits per heavy atom. The van der Waals surface area contributed by atoms with E-state index in [4.69, 9.17) is 4.74 Å². The predicted molar refractivity (Wildman–Crippen MR) is 127 cm³/mol. The van der Waals surface area contributed by atoms with Crippen LogP contribution in [0.15, 0.2) is 41.3 Å². The molecule has 2 aromatic carbocycles. The highest BCUT2D eigenvalue weighted by molar-refractivity contribution is 5.97. The van der Waals surface area contributed by atoms with E-state index in [2.05, 4.69) is 0 Å². The van der Waals surface area contributed by atoms with Gasteiger partial charge in [-0.05, 0) is 37.3 Å². The quantitative estimate of drug-likeness (QED) is 0.515. The van der Waals surface area contributed by atoms with Gasteiger partial charge in [-0.15, -0.1) is 0 Å². The van der Waals surface area contributed by atoms with Crippen molar-refractivity contribution < 1.29 is 28.2 Å². The van der Waals surface area contributed by atoms with E-state index >= 15 is 8.78 Å². The Balaban J connectivity index is 1.56. The van der Waals surface area contributed by atoms with Gasteiger partial charge >= 0.3 is 5.97 Å². The van der Waals surface area contributed by atoms with Crippen LogP contribution in [0.3, 0.4) is 0 Å². The van der Waals surface area contributed by atoms with Gasteiger partial charge in [0.1, 0.15) is 22.8 Å². The number of ether oxygens (including phenoxy) is 1. The van der Waals surface area contributed by atoms with E-state index in [1.54, 1.807) is 43.2 Å². The minimum Gasteiger partial charge on any atom is -0.497 e. The van der Waals surface area contributed by atoms with Crippen molar-refractivity contribution in [3.63, 3.8) is 0 Å². The molecule has 0 atom stereocenters. The number of fused-ring (bicyclic) bond motifs is 1. The molecule has 1 aliphatic rings. The third-order valence-corrected chi connectivity index (χ3v) is 6.27. The molecule has 4 rings (SSSR count). The van der Waals surface area contributed by atoms with Crippen LogP contribution in [0.2, 0.25) is 0 Å². The summed E-state index contributed by atoms with van der Waals surface area (Å²) in [4.78, 5) is 40.0. The zero-order chi connectivity index (χ0) is 25.3. The topological polar surface area (TPSA) is 92.1 Å². The molecule has 1 saturated heterocycles. The van der Waals surface area contributed by atoms with Crippen LogP contribution in [0.1, 0.15) is 27.6 Å². The van der Waals surface area contributed by atoms with Gasteiger partial charge in [-0.2, -0.15) is 0 Å². The Labute approximate surface area is 199 Å². The summed E-state index contributed by atoms with van der Waals surface area (Å²) in [7, 11) is 1.55. The van der Waals surface area contributed by atoms with Crippen molar-refractivity contribution in [3.8, 4) is 5.75 Å². The SMILES string of the molecule is CCn1cc(C(=O)O)c(=O)c2cc(F)c(N3CCN(CC(=O)c4ccc(OC)cc4)CC3)c(F)c21. The van der Waals surface area contributed by atoms with Crippen molar-refractivity contribution in [2.45, 2.75) is 13.5 Å². The molecular formula is C25H25F2N3O5. The first-order chi connectivity index (χ1) is 16.7. The normalized spacial score (nSPS) is 14.3. The number of aromatic carboxylic acids is 1. The number of aryl methyl sites for hydroxylation is 1. The van der Waals surface area contributed by atoms with Crippen LogP contribution in [0.25, 0.3) is 10.9 Å². The van der Waals surface area contributed by atoms with Crippen molar-refractivity contribution in [1.82, 2.24) is 9.47 Å². The number of ketones is 1. The predicted octanol–water partition coefficient (Wildman–Crippen LogP) is 3.01. The smallest absolute Gasteiger partial charge is 0.341 e. The molecule has 0 aliphatic carbocycles. The van der Waals surface area contributed by atoms with Crippen molar-refractivity contribution in [2.24, 2.45) is 0 Å². The number of anilines is 1. The summed E-state index contributed by atoms with van der Waals surface area (Å²) < 4.78 is 37.1. The molecule has 1 N–H and O–H groups in total. The second-order valence-electron chi connectivity index (χ2n) is 8.30. The molecule has 2 heterocycles. The molecule has 0 spiro atoms. The Kier molecular flexibility index (Phi) is 6.83. The fraction of sp³-hybridized carbons (Fsp3) is 0.320. The number of benzene rings is 2. The summed E-state index contributed by atoms with van der Waals surface area (Å²) in [6.07, 6.45) is 1.08. The number of halogens is 2. The monoisotopic (exact) mass is 485 g/mol. The van der Waals surface area contributed by atoms with Gasteiger partial charge in [-0.3, -0.25) is 14.5 Å². The molecule has 1 fully saturated rings. The summed E-state index contributed by atoms with van der Waals surface area (Å²) in [6.45, 7) is 3.43. The van der Waals surface area contributed by atoms with Crippen LogP contribution in [0.4, 0.5) is 14.5 Å². The average molecular weight is 485 g/mol. The lowest BCUT2D eigenvalue weighted by molar-refractivity contribution is 0.0694. The minimum absolute atomic E-state index is 0.0645. The second-order valence-corrected chi connectivity index (χ2v) is 8.30. The largest absolute Gasteiger partial charge is 0.497 e. The molecule has 3 aromatic rings. The van der Waals surface area contributed by atoms with Gasteiger partial charge in [-0.25, -0.2) is 13.6 Å². The van der Waals surface area contributed by atoms with Crippen LogP contribution < -0.4 is 15.1 Å². The number of Topliss-reactive ketones (excluding diaryl/α,β-unsaturated/α-hetero) is 1. The van der Waals surface area contributed by atoms with Gasteiger partial charge in [0.15, 0.2) is 11.6 Å². The van der Waals surface area contributed by atoms with E-state index in [0.717, 1.165) is 12.3 Å². The second kappa shape index (κ2) is 9.83. The minimum atomic E-state index is -1.45. The molecule has 8 nitrogen and oxygen atoms in total. The summed E-state index contributed by atoms with van der Waals surface area (Å²) in [6, 6.07) is 7.73. The molecular weight excluding hydrogens is 460 g/mol. The van der Waals surface area contributed by atoms with Crippen molar-refractivity contribution >= 4 is 28.3 Å². The number of rotatable bonds is 7. The van der Waals surface area contributed by atoms with Crippen molar-refractivity contribution in [3.05, 3.63) is 69.5 Å². The Bertz CT molecular complexity index is 1350. The first-order valence-corrected chi connectivity index (χ1v) is 11.2. The molecule has 1 aliphatic heterocycles. The number of hydrogen-bond acceptors (Lipinski definition) is 6. The first-order valence-electron chi connectivity index (χ1n) is 11.2. The molecule has 0 unspecified atom stereocenters. The highest BCUT2D eigenvalue weighted by Crippen LogP contribution is 2.31. The zero-order valence-electron chi connectivity index (χ0n) is 19.4. The molecule has 184 valence electrons. The van der Waals surface area contributed by atoms with E-state index in [9.17, 15) is 19.5 Å². The number of piperazine rings is 1. The number of hydrogen-bond donors (Lipinski definition) is 1. The highest BCUT2D eigenvalue weighted by Gasteiger charge is 2.27. The molecule has 0 radical (unpaired) electrons. The average Bonchev–Trinajstić information content (AvgIpc) is 2.85. The third kappa shape index (κ3) is 4.61. The van der Waals surface area contributed by atoms with E-state index in [1.165, 1.54) is 4.57 Å². The van der Waals surface area contributed by atoms with Gasteiger partial charge in [0.05, 0.1) is 24.6 Å². The maximum Gasteiger partial charge on any atom is 0.341 e. The number of carbonyl (C=O) groups excluding carboxylic acids is 1. The highest BCUT2D eigenvalue weighted by atomic mass is 19.1. The van der Waals surface area contributed by atoms with Crippen LogP contribution in [0, 0.1) is 11.6 Å². The van der Waals surface area contributed by atoms with E-state index in [1.807, 2.05) is 4.90 Å². The van der Waals surface area contributed by atoms with Crippen molar-refractivity contribution in [2.75, 3.05) is 44.7 Å². The number of carboxylic acids is 1. The Hall–Kier alpha value is -3.79. The number of methoxy groups -OCH3 is 1. The number of carboxylic acid groups (broad SMARTS) is 1. The Morgan fingerprint density at radius 2 is 1.74 bits per heavy atom. The molecule has 35 heavy (non-hydrogen) atoms. The lowest BCUT2D eigenvalue weighted by Gasteiger charge is -2.36. The van der Waals surface area contributed by atoms with Gasteiger partial charge in [0.2, 0.25) is 5.43 Å². The van der Waals surface area contributed by atoms with Gasteiger partial charge in [0, 0.05) is 44.5 Å². The van der Waals surface area contributed by atoms with Crippen LogP contribution in [0.5, 0.6) is 5.75 Å². The number of aromatic nitrogens is 1. The maximum absolute atomic E-state index is 15.6. The fourth-order valence-electron chi connectivity index (χ4n) is 4.37. The number of carbonyl (C=O) groups is 2. The molecule has 0 bridgehead atoms. The van der Waals surface area contributed by atoms with Crippen molar-refractivity contribution in [1.29, 1.82) is 0 Å². The summed E-state index contributed by atoms with van der Waals surface area (Å²) >= 11 is 0. The van der Waals surface area contributed by atoms with Crippen LogP contribution in [-0.4, -0.2) is 66.2 Å². The van der Waals surface area contributed by atoms with E-state index in [-0.39, 0.29) is 48.6 Å². The lowest BCUT2D eigenvalue weighted by atomic mass is 10.1. The van der Waals surface area contributed by atoms with E-state index in [0.29, 0.717) is 24.4 Å². The number of nitrogens with zero attached hydrogens (tertiary/aromatic N) is 3. The lowest BCUT2D eigenvalue weighted by Crippen LogP contribution is -2.48. The van der Waals surface area contributed by atoms with E-state index < -0.39 is 28.6 Å². The maximum atomic E-state index is 15.6. The molecule has 0 amide bonds. The van der Waals surface area contributed by atoms with Crippen LogP contribution in [-0.2, 0) is 6.54 Å². The van der Waals surface area contributed by atoms with Gasteiger partial charge < -0.3 is 19.3 Å². The summed E-state index contributed by atoms with van der Waals surface area (Å²) in [5.74, 6) is -2.70. The van der Waals surface area contributed by atoms with Gasteiger partial charge in [-0.1, -0.05) is 0 Å². The summed E-state index contributed by atoms with van der Waals surface area (Å²) in [5, 5.41) is 8.97. The third-order valence-electron chi connectivity index (χ3n) is 6.27. The standard InChI is InChI=1S/C25H25F2N3O5/c1-3-29-13-18(25(33)34)24(32)17-12-19(26)23(21(27)22(17)29)30-10-8-28(9-11-30)14-20(31)15-4-6-16(35-2)7-5-15/h4-7,12-13H,3,8-11,14H2,1-2H3,(H,33,34). The Morgan fingerprint density at radius 3 is 2.31 bits per heavy atom. The van der Waals surface area contributed by atoms with Gasteiger partial charge in [0.25, 0.3) is 0 Å².